The van der Waals surface area contributed by atoms with Crippen LogP contribution in [0.2, 0.25) is 0 Å². The van der Waals surface area contributed by atoms with Crippen molar-refractivity contribution in [2.45, 2.75) is 46.5 Å². The van der Waals surface area contributed by atoms with Crippen molar-refractivity contribution in [3.05, 3.63) is 47.9 Å². The molecule has 2 aliphatic heterocycles. The molecule has 186 valence electrons. The van der Waals surface area contributed by atoms with Crippen molar-refractivity contribution in [3.8, 4) is 5.88 Å². The Kier molecular flexibility index (Phi) is 7.45. The lowest BCUT2D eigenvalue weighted by Crippen LogP contribution is -2.49. The van der Waals surface area contributed by atoms with Gasteiger partial charge in [-0.1, -0.05) is 19.9 Å². The molecule has 9 heteroatoms. The summed E-state index contributed by atoms with van der Waals surface area (Å²) in [6, 6.07) is 7.27. The molecule has 2 aliphatic rings. The molecule has 0 radical (unpaired) electrons. The third kappa shape index (κ3) is 6.42. The largest absolute Gasteiger partial charge is 0.416 e. The first-order valence-corrected chi connectivity index (χ1v) is 12.1. The van der Waals surface area contributed by atoms with E-state index in [0.717, 1.165) is 43.1 Å². The lowest BCUT2D eigenvalue weighted by atomic mass is 9.81. The molecule has 2 saturated heterocycles. The maximum absolute atomic E-state index is 12.6. The maximum atomic E-state index is 12.6. The highest BCUT2D eigenvalue weighted by molar-refractivity contribution is 6.16. The fourth-order valence-electron chi connectivity index (χ4n) is 4.47. The molecule has 3 amide bonds. The second-order valence-corrected chi connectivity index (χ2v) is 10.1. The number of hydrogen-bond donors (Lipinski definition) is 0. The number of aryl methyl sites for hydroxylation is 2. The Balaban J connectivity index is 1.22. The average Bonchev–Trinajstić information content (AvgIpc) is 2.80. The van der Waals surface area contributed by atoms with E-state index in [2.05, 4.69) is 27.0 Å². The molecule has 0 N–H and O–H groups in total. The zero-order valence-corrected chi connectivity index (χ0v) is 20.7. The molecule has 2 fully saturated rings. The van der Waals surface area contributed by atoms with Gasteiger partial charge in [0.1, 0.15) is 0 Å². The summed E-state index contributed by atoms with van der Waals surface area (Å²) in [6.07, 6.45) is 5.41. The molecule has 4 heterocycles. The summed E-state index contributed by atoms with van der Waals surface area (Å²) in [6.45, 7) is 9.57. The van der Waals surface area contributed by atoms with E-state index >= 15 is 0 Å². The molecule has 0 saturated carbocycles. The average molecular weight is 480 g/mol. The van der Waals surface area contributed by atoms with E-state index in [0.29, 0.717) is 31.6 Å². The molecule has 2 aromatic heterocycles. The fraction of sp³-hybridized carbons (Fsp3) is 0.500. The number of piperidine rings is 1. The summed E-state index contributed by atoms with van der Waals surface area (Å²) in [5, 5.41) is 0. The molecule has 0 aliphatic carbocycles. The predicted molar refractivity (Wildman–Crippen MR) is 131 cm³/mol. The maximum Gasteiger partial charge on any atom is 0.416 e. The van der Waals surface area contributed by atoms with Crippen molar-refractivity contribution in [2.24, 2.45) is 5.41 Å². The predicted octanol–water partition coefficient (Wildman–Crippen LogP) is 3.21. The highest BCUT2D eigenvalue weighted by Crippen LogP contribution is 2.34. The van der Waals surface area contributed by atoms with Crippen LogP contribution in [0.15, 0.2) is 36.7 Å². The van der Waals surface area contributed by atoms with Gasteiger partial charge >= 0.3 is 6.09 Å². The van der Waals surface area contributed by atoms with Crippen molar-refractivity contribution in [2.75, 3.05) is 37.6 Å². The van der Waals surface area contributed by atoms with E-state index in [1.54, 1.807) is 11.0 Å². The first-order chi connectivity index (χ1) is 16.7. The molecule has 4 rings (SSSR count). The first-order valence-electron chi connectivity index (χ1n) is 12.1. The number of nitrogens with zero attached hydrogens (tertiary/aromatic N) is 5. The molecular formula is C26H33N5O4. The Bertz CT molecular complexity index is 1040. The summed E-state index contributed by atoms with van der Waals surface area (Å²) < 4.78 is 5.43. The molecule has 9 nitrogen and oxygen atoms in total. The second kappa shape index (κ2) is 10.5. The van der Waals surface area contributed by atoms with Gasteiger partial charge in [0.25, 0.3) is 0 Å². The van der Waals surface area contributed by atoms with Crippen LogP contribution < -0.4 is 9.64 Å². The standard InChI is InChI=1S/C26H33N5O4/c1-19-6-7-20(27-17-19)5-4-10-29-11-13-30(14-12-29)25(34)35-22-9-8-21(18-28-22)31-23(32)15-26(2,3)16-24(31)33/h6-9,17-18H,4-5,10-16H2,1-3H3. The SMILES string of the molecule is Cc1ccc(CCCN2CCN(C(=O)Oc3ccc(N4C(=O)CC(C)(C)CC4=O)cn3)CC2)nc1. The van der Waals surface area contributed by atoms with Crippen LogP contribution >= 0.6 is 0 Å². The number of pyridine rings is 2. The normalized spacial score (nSPS) is 18.6. The first kappa shape index (κ1) is 24.8. The van der Waals surface area contributed by atoms with Gasteiger partial charge in [-0.25, -0.2) is 14.7 Å². The van der Waals surface area contributed by atoms with Crippen LogP contribution in [-0.2, 0) is 16.0 Å². The summed E-state index contributed by atoms with van der Waals surface area (Å²) in [5.41, 5.74) is 2.33. The third-order valence-electron chi connectivity index (χ3n) is 6.44. The van der Waals surface area contributed by atoms with Crippen molar-refractivity contribution in [1.82, 2.24) is 19.8 Å². The number of aromatic nitrogens is 2. The van der Waals surface area contributed by atoms with Crippen LogP contribution in [-0.4, -0.2) is 70.4 Å². The summed E-state index contributed by atoms with van der Waals surface area (Å²) in [7, 11) is 0. The number of amides is 3. The van der Waals surface area contributed by atoms with Gasteiger partial charge in [-0.05, 0) is 49.4 Å². The van der Waals surface area contributed by atoms with Crippen LogP contribution in [0.5, 0.6) is 5.88 Å². The Morgan fingerprint density at radius 3 is 2.29 bits per heavy atom. The highest BCUT2D eigenvalue weighted by Gasteiger charge is 2.38. The highest BCUT2D eigenvalue weighted by atomic mass is 16.6. The number of anilines is 1. The number of carbonyl (C=O) groups is 3. The van der Waals surface area contributed by atoms with Gasteiger partial charge < -0.3 is 9.64 Å². The number of ether oxygens (including phenoxy) is 1. The van der Waals surface area contributed by atoms with Crippen LogP contribution in [0, 0.1) is 12.3 Å². The second-order valence-electron chi connectivity index (χ2n) is 10.1. The fourth-order valence-corrected chi connectivity index (χ4v) is 4.47. The Morgan fingerprint density at radius 2 is 1.69 bits per heavy atom. The summed E-state index contributed by atoms with van der Waals surface area (Å²) >= 11 is 0. The van der Waals surface area contributed by atoms with Gasteiger partial charge in [0.15, 0.2) is 0 Å². The van der Waals surface area contributed by atoms with Gasteiger partial charge in [-0.3, -0.25) is 19.5 Å². The lowest BCUT2D eigenvalue weighted by molar-refractivity contribution is -0.132. The van der Waals surface area contributed by atoms with Crippen molar-refractivity contribution in [1.29, 1.82) is 0 Å². The van der Waals surface area contributed by atoms with E-state index in [1.807, 2.05) is 27.0 Å². The van der Waals surface area contributed by atoms with Crippen LogP contribution in [0.1, 0.15) is 44.4 Å². The monoisotopic (exact) mass is 479 g/mol. The minimum Gasteiger partial charge on any atom is -0.391 e. The van der Waals surface area contributed by atoms with Gasteiger partial charge in [-0.15, -0.1) is 0 Å². The van der Waals surface area contributed by atoms with E-state index in [9.17, 15) is 14.4 Å². The number of piperazine rings is 1. The number of rotatable bonds is 6. The van der Waals surface area contributed by atoms with Crippen molar-refractivity contribution >= 4 is 23.6 Å². The zero-order valence-electron chi connectivity index (χ0n) is 20.7. The topological polar surface area (TPSA) is 95.9 Å². The van der Waals surface area contributed by atoms with Crippen LogP contribution in [0.4, 0.5) is 10.5 Å². The molecule has 0 spiro atoms. The molecule has 0 bridgehead atoms. The Hall–Kier alpha value is -3.33. The molecule has 0 aromatic carbocycles. The van der Waals surface area contributed by atoms with E-state index in [4.69, 9.17) is 4.74 Å². The lowest BCUT2D eigenvalue weighted by Gasteiger charge is -2.34. The Morgan fingerprint density at radius 1 is 0.971 bits per heavy atom. The van der Waals surface area contributed by atoms with Gasteiger partial charge in [0.2, 0.25) is 17.7 Å². The van der Waals surface area contributed by atoms with Crippen molar-refractivity contribution < 1.29 is 19.1 Å². The number of hydrogen-bond acceptors (Lipinski definition) is 7. The van der Waals surface area contributed by atoms with E-state index < -0.39 is 6.09 Å². The molecule has 2 aromatic rings. The van der Waals surface area contributed by atoms with Crippen LogP contribution in [0.25, 0.3) is 0 Å². The molecular weight excluding hydrogens is 446 g/mol. The summed E-state index contributed by atoms with van der Waals surface area (Å²) in [5.74, 6) is -0.347. The van der Waals surface area contributed by atoms with E-state index in [-0.39, 0.29) is 23.1 Å². The minimum absolute atomic E-state index is 0.143. The third-order valence-corrected chi connectivity index (χ3v) is 6.44. The van der Waals surface area contributed by atoms with E-state index in [1.165, 1.54) is 17.8 Å². The quantitative estimate of drug-likeness (QED) is 0.587. The van der Waals surface area contributed by atoms with Gasteiger partial charge in [0.05, 0.1) is 11.9 Å². The van der Waals surface area contributed by atoms with Gasteiger partial charge in [-0.2, -0.15) is 0 Å². The molecule has 0 atom stereocenters. The zero-order chi connectivity index (χ0) is 25.0. The molecule has 0 unspecified atom stereocenters. The molecule has 35 heavy (non-hydrogen) atoms. The van der Waals surface area contributed by atoms with Crippen LogP contribution in [0.3, 0.4) is 0 Å². The smallest absolute Gasteiger partial charge is 0.391 e. The Labute approximate surface area is 206 Å². The summed E-state index contributed by atoms with van der Waals surface area (Å²) in [4.78, 5) is 51.3. The van der Waals surface area contributed by atoms with Gasteiger partial charge in [0, 0.05) is 57.0 Å². The van der Waals surface area contributed by atoms with Crippen molar-refractivity contribution in [3.63, 3.8) is 0 Å². The number of imide groups is 1. The number of carbonyl (C=O) groups excluding carboxylic acids is 3. The minimum atomic E-state index is -0.444.